The molecule has 4 heteroatoms. The molecule has 0 aromatic carbocycles. The van der Waals surface area contributed by atoms with Crippen molar-refractivity contribution in [2.24, 2.45) is 0 Å². The Morgan fingerprint density at radius 2 is 2.00 bits per heavy atom. The second kappa shape index (κ2) is 7.01. The topological polar surface area (TPSA) is 47.0 Å². The minimum absolute atomic E-state index is 0.609. The van der Waals surface area contributed by atoms with E-state index in [0.717, 1.165) is 36.6 Å². The van der Waals surface area contributed by atoms with Gasteiger partial charge in [0.2, 0.25) is 5.88 Å². The summed E-state index contributed by atoms with van der Waals surface area (Å²) >= 11 is 0. The van der Waals surface area contributed by atoms with Crippen LogP contribution in [0.5, 0.6) is 11.6 Å². The summed E-state index contributed by atoms with van der Waals surface area (Å²) in [5, 5.41) is 3.38. The highest BCUT2D eigenvalue weighted by atomic mass is 16.5. The number of aromatic nitrogens is 2. The van der Waals surface area contributed by atoms with Gasteiger partial charge in [-0.2, -0.15) is 0 Å². The van der Waals surface area contributed by atoms with E-state index in [1.165, 1.54) is 5.56 Å². The van der Waals surface area contributed by atoms with Crippen LogP contribution in [0.25, 0.3) is 0 Å². The molecule has 0 aliphatic carbocycles. The first-order valence-electron chi connectivity index (χ1n) is 6.97. The summed E-state index contributed by atoms with van der Waals surface area (Å²) < 4.78 is 5.78. The molecule has 0 saturated carbocycles. The van der Waals surface area contributed by atoms with E-state index in [-0.39, 0.29) is 0 Å². The number of aryl methyl sites for hydroxylation is 2. The molecular formula is C16H21N3O. The first-order valence-corrected chi connectivity index (χ1v) is 6.97. The van der Waals surface area contributed by atoms with E-state index in [2.05, 4.69) is 28.3 Å². The van der Waals surface area contributed by atoms with Crippen LogP contribution in [-0.2, 0) is 6.54 Å². The molecule has 2 heterocycles. The number of hydrogen-bond acceptors (Lipinski definition) is 4. The monoisotopic (exact) mass is 271 g/mol. The van der Waals surface area contributed by atoms with Gasteiger partial charge < -0.3 is 10.1 Å². The normalized spacial score (nSPS) is 10.6. The summed E-state index contributed by atoms with van der Waals surface area (Å²) in [4.78, 5) is 8.70. The van der Waals surface area contributed by atoms with Gasteiger partial charge in [-0.25, -0.2) is 4.98 Å². The zero-order chi connectivity index (χ0) is 14.4. The second-order valence-corrected chi connectivity index (χ2v) is 4.76. The van der Waals surface area contributed by atoms with Crippen molar-refractivity contribution in [3.05, 3.63) is 47.4 Å². The highest BCUT2D eigenvalue weighted by Crippen LogP contribution is 2.22. The van der Waals surface area contributed by atoms with Gasteiger partial charge in [-0.1, -0.05) is 13.0 Å². The molecule has 0 atom stereocenters. The van der Waals surface area contributed by atoms with Crippen LogP contribution < -0.4 is 10.1 Å². The Morgan fingerprint density at radius 1 is 1.15 bits per heavy atom. The molecule has 0 fully saturated rings. The zero-order valence-corrected chi connectivity index (χ0v) is 12.3. The lowest BCUT2D eigenvalue weighted by atomic mass is 10.2. The Morgan fingerprint density at radius 3 is 2.70 bits per heavy atom. The molecule has 0 amide bonds. The minimum Gasteiger partial charge on any atom is -0.437 e. The highest BCUT2D eigenvalue weighted by Gasteiger charge is 2.05. The number of rotatable bonds is 6. The molecule has 20 heavy (non-hydrogen) atoms. The van der Waals surface area contributed by atoms with E-state index < -0.39 is 0 Å². The maximum absolute atomic E-state index is 5.78. The molecule has 1 N–H and O–H groups in total. The van der Waals surface area contributed by atoms with Crippen LogP contribution in [-0.4, -0.2) is 16.5 Å². The Kier molecular flexibility index (Phi) is 5.07. The Labute approximate surface area is 120 Å². The predicted octanol–water partition coefficient (Wildman–Crippen LogP) is 3.39. The van der Waals surface area contributed by atoms with Gasteiger partial charge in [0, 0.05) is 24.5 Å². The second-order valence-electron chi connectivity index (χ2n) is 4.76. The maximum Gasteiger partial charge on any atom is 0.219 e. The van der Waals surface area contributed by atoms with E-state index in [1.54, 1.807) is 6.20 Å². The first kappa shape index (κ1) is 14.5. The van der Waals surface area contributed by atoms with E-state index in [4.69, 9.17) is 4.74 Å². The minimum atomic E-state index is 0.609. The van der Waals surface area contributed by atoms with Crippen LogP contribution in [0.2, 0.25) is 0 Å². The van der Waals surface area contributed by atoms with Crippen molar-refractivity contribution in [1.82, 2.24) is 15.3 Å². The van der Waals surface area contributed by atoms with Gasteiger partial charge in [0.25, 0.3) is 0 Å². The van der Waals surface area contributed by atoms with Gasteiger partial charge in [0.1, 0.15) is 0 Å². The van der Waals surface area contributed by atoms with Gasteiger partial charge in [0.15, 0.2) is 5.75 Å². The molecule has 106 valence electrons. The average molecular weight is 271 g/mol. The van der Waals surface area contributed by atoms with Gasteiger partial charge in [-0.15, -0.1) is 0 Å². The van der Waals surface area contributed by atoms with Crippen molar-refractivity contribution in [2.75, 3.05) is 6.54 Å². The Hall–Kier alpha value is -1.94. The van der Waals surface area contributed by atoms with Gasteiger partial charge >= 0.3 is 0 Å². The van der Waals surface area contributed by atoms with Crippen molar-refractivity contribution in [1.29, 1.82) is 0 Å². The quantitative estimate of drug-likeness (QED) is 0.818. The van der Waals surface area contributed by atoms with E-state index in [9.17, 15) is 0 Å². The maximum atomic E-state index is 5.78. The molecule has 0 aliphatic rings. The smallest absolute Gasteiger partial charge is 0.219 e. The fraction of sp³-hybridized carbons (Fsp3) is 0.375. The van der Waals surface area contributed by atoms with Gasteiger partial charge in [0.05, 0.1) is 5.69 Å². The number of nitrogens with zero attached hydrogens (tertiary/aromatic N) is 2. The molecule has 0 unspecified atom stereocenters. The van der Waals surface area contributed by atoms with Crippen molar-refractivity contribution < 1.29 is 4.74 Å². The van der Waals surface area contributed by atoms with Crippen LogP contribution in [0.4, 0.5) is 0 Å². The summed E-state index contributed by atoms with van der Waals surface area (Å²) in [6.07, 6.45) is 2.89. The van der Waals surface area contributed by atoms with E-state index >= 15 is 0 Å². The molecule has 0 bridgehead atoms. The highest BCUT2D eigenvalue weighted by molar-refractivity contribution is 5.32. The fourth-order valence-corrected chi connectivity index (χ4v) is 1.90. The zero-order valence-electron chi connectivity index (χ0n) is 12.3. The fourth-order valence-electron chi connectivity index (χ4n) is 1.90. The molecular weight excluding hydrogens is 250 g/mol. The molecule has 4 nitrogen and oxygen atoms in total. The lowest BCUT2D eigenvalue weighted by Gasteiger charge is -2.10. The van der Waals surface area contributed by atoms with Crippen molar-refractivity contribution in [3.8, 4) is 11.6 Å². The molecule has 2 aromatic rings. The summed E-state index contributed by atoms with van der Waals surface area (Å²) in [5.41, 5.74) is 3.06. The molecule has 0 aliphatic heterocycles. The molecule has 0 radical (unpaired) electrons. The summed E-state index contributed by atoms with van der Waals surface area (Å²) in [7, 11) is 0. The SMILES string of the molecule is CCCNCc1ccc(Oc2cccnc2C)nc1C. The van der Waals surface area contributed by atoms with E-state index in [0.29, 0.717) is 5.88 Å². The van der Waals surface area contributed by atoms with Gasteiger partial charge in [-0.3, -0.25) is 4.98 Å². The third kappa shape index (κ3) is 3.78. The van der Waals surface area contributed by atoms with Crippen LogP contribution in [0, 0.1) is 13.8 Å². The average Bonchev–Trinajstić information content (AvgIpc) is 2.44. The Balaban J connectivity index is 2.07. The van der Waals surface area contributed by atoms with E-state index in [1.807, 2.05) is 32.0 Å². The lowest BCUT2D eigenvalue weighted by Crippen LogP contribution is -2.15. The van der Waals surface area contributed by atoms with Gasteiger partial charge in [-0.05, 0) is 44.5 Å². The third-order valence-electron chi connectivity index (χ3n) is 3.08. The van der Waals surface area contributed by atoms with Crippen molar-refractivity contribution in [3.63, 3.8) is 0 Å². The standard InChI is InChI=1S/C16H21N3O/c1-4-9-17-11-14-7-8-16(19-12(14)2)20-15-6-5-10-18-13(15)3/h5-8,10,17H,4,9,11H2,1-3H3. The van der Waals surface area contributed by atoms with Crippen molar-refractivity contribution >= 4 is 0 Å². The molecule has 0 spiro atoms. The van der Waals surface area contributed by atoms with Crippen LogP contribution in [0.15, 0.2) is 30.5 Å². The largest absolute Gasteiger partial charge is 0.437 e. The number of pyridine rings is 2. The van der Waals surface area contributed by atoms with Crippen LogP contribution in [0.3, 0.4) is 0 Å². The number of ether oxygens (including phenoxy) is 1. The third-order valence-corrected chi connectivity index (χ3v) is 3.08. The summed E-state index contributed by atoms with van der Waals surface area (Å²) in [6, 6.07) is 7.72. The Bertz CT molecular complexity index is 569. The molecule has 2 rings (SSSR count). The number of hydrogen-bond donors (Lipinski definition) is 1. The van der Waals surface area contributed by atoms with Crippen molar-refractivity contribution in [2.45, 2.75) is 33.7 Å². The number of nitrogens with one attached hydrogen (secondary N) is 1. The molecule has 0 saturated heterocycles. The molecule has 2 aromatic heterocycles. The van der Waals surface area contributed by atoms with Crippen LogP contribution in [0.1, 0.15) is 30.3 Å². The summed E-state index contributed by atoms with van der Waals surface area (Å²) in [5.74, 6) is 1.36. The summed E-state index contributed by atoms with van der Waals surface area (Å²) in [6.45, 7) is 7.95. The van der Waals surface area contributed by atoms with Crippen LogP contribution >= 0.6 is 0 Å². The lowest BCUT2D eigenvalue weighted by molar-refractivity contribution is 0.454. The first-order chi connectivity index (χ1) is 9.70. The predicted molar refractivity (Wildman–Crippen MR) is 80.0 cm³/mol.